The highest BCUT2D eigenvalue weighted by Crippen LogP contribution is 2.51. The van der Waals surface area contributed by atoms with Crippen molar-refractivity contribution in [3.63, 3.8) is 0 Å². The first kappa shape index (κ1) is 11.9. The van der Waals surface area contributed by atoms with E-state index in [2.05, 4.69) is 4.90 Å². The number of hydrogen-bond donors (Lipinski definition) is 2. The van der Waals surface area contributed by atoms with Crippen molar-refractivity contribution in [3.05, 3.63) is 0 Å². The van der Waals surface area contributed by atoms with E-state index in [-0.39, 0.29) is 12.0 Å². The first-order valence-corrected chi connectivity index (χ1v) is 7.26. The summed E-state index contributed by atoms with van der Waals surface area (Å²) >= 11 is 0. The molecule has 2 saturated carbocycles. The van der Waals surface area contributed by atoms with Crippen LogP contribution in [-0.2, 0) is 0 Å². The average molecular weight is 239 g/mol. The molecular formula is C14H25NO2. The van der Waals surface area contributed by atoms with Crippen LogP contribution in [0, 0.1) is 5.41 Å². The van der Waals surface area contributed by atoms with Gasteiger partial charge in [0.15, 0.2) is 0 Å². The van der Waals surface area contributed by atoms with E-state index in [1.54, 1.807) is 0 Å². The molecule has 0 spiro atoms. The van der Waals surface area contributed by atoms with Gasteiger partial charge in [0.1, 0.15) is 0 Å². The molecule has 2 aliphatic carbocycles. The molecule has 0 unspecified atom stereocenters. The fourth-order valence-corrected chi connectivity index (χ4v) is 4.05. The second kappa shape index (κ2) is 4.22. The lowest BCUT2D eigenvalue weighted by molar-refractivity contribution is -0.138. The zero-order chi connectivity index (χ0) is 11.9. The second-order valence-electron chi connectivity index (χ2n) is 6.44. The third-order valence-electron chi connectivity index (χ3n) is 5.54. The molecule has 3 nitrogen and oxygen atoms in total. The van der Waals surface area contributed by atoms with Crippen molar-refractivity contribution in [2.45, 2.75) is 63.0 Å². The molecular weight excluding hydrogens is 214 g/mol. The number of piperidine rings is 1. The first-order valence-electron chi connectivity index (χ1n) is 7.26. The molecule has 3 rings (SSSR count). The Bertz CT molecular complexity index is 274. The van der Waals surface area contributed by atoms with E-state index in [9.17, 15) is 10.2 Å². The first-order chi connectivity index (χ1) is 8.19. The van der Waals surface area contributed by atoms with Gasteiger partial charge in [-0.3, -0.25) is 0 Å². The predicted octanol–water partition coefficient (Wildman–Crippen LogP) is 1.53. The van der Waals surface area contributed by atoms with Crippen molar-refractivity contribution in [1.82, 2.24) is 4.90 Å². The van der Waals surface area contributed by atoms with Crippen molar-refractivity contribution in [3.8, 4) is 0 Å². The molecule has 1 saturated heterocycles. The lowest BCUT2D eigenvalue weighted by atomic mass is 9.66. The highest BCUT2D eigenvalue weighted by Gasteiger charge is 2.52. The van der Waals surface area contributed by atoms with E-state index in [4.69, 9.17) is 0 Å². The Labute approximate surface area is 104 Å². The number of rotatable bonds is 3. The van der Waals surface area contributed by atoms with Crippen molar-refractivity contribution < 1.29 is 10.2 Å². The normalized spacial score (nSPS) is 32.8. The Morgan fingerprint density at radius 3 is 2.06 bits per heavy atom. The molecule has 3 heteroatoms. The van der Waals surface area contributed by atoms with Crippen LogP contribution in [0.25, 0.3) is 0 Å². The van der Waals surface area contributed by atoms with Gasteiger partial charge < -0.3 is 15.1 Å². The zero-order valence-corrected chi connectivity index (χ0v) is 10.7. The third-order valence-corrected chi connectivity index (χ3v) is 5.54. The minimum Gasteiger partial charge on any atom is -0.396 e. The Kier molecular flexibility index (Phi) is 2.96. The summed E-state index contributed by atoms with van der Waals surface area (Å²) in [5.41, 5.74) is -0.772. The SMILES string of the molecule is OCC1(C2(O)CCN(C3CC3)CC2)CCCC1. The molecule has 1 aliphatic heterocycles. The molecule has 0 aromatic carbocycles. The van der Waals surface area contributed by atoms with Gasteiger partial charge in [0.2, 0.25) is 0 Å². The van der Waals surface area contributed by atoms with Gasteiger partial charge in [0, 0.05) is 24.5 Å². The van der Waals surface area contributed by atoms with Crippen LogP contribution in [0.2, 0.25) is 0 Å². The fourth-order valence-electron chi connectivity index (χ4n) is 4.05. The van der Waals surface area contributed by atoms with E-state index in [0.717, 1.165) is 44.8 Å². The summed E-state index contributed by atoms with van der Waals surface area (Å²) in [6.45, 7) is 2.23. The predicted molar refractivity (Wildman–Crippen MR) is 66.8 cm³/mol. The number of hydrogen-bond acceptors (Lipinski definition) is 3. The van der Waals surface area contributed by atoms with Gasteiger partial charge in [-0.25, -0.2) is 0 Å². The van der Waals surface area contributed by atoms with Crippen molar-refractivity contribution >= 4 is 0 Å². The molecule has 3 fully saturated rings. The molecule has 0 radical (unpaired) electrons. The van der Waals surface area contributed by atoms with Gasteiger partial charge in [-0.05, 0) is 38.5 Å². The van der Waals surface area contributed by atoms with Crippen molar-refractivity contribution in [2.24, 2.45) is 5.41 Å². The van der Waals surface area contributed by atoms with Crippen LogP contribution >= 0.6 is 0 Å². The van der Waals surface area contributed by atoms with Crippen LogP contribution < -0.4 is 0 Å². The molecule has 0 aromatic rings. The highest BCUT2D eigenvalue weighted by atomic mass is 16.3. The zero-order valence-electron chi connectivity index (χ0n) is 10.7. The topological polar surface area (TPSA) is 43.7 Å². The maximum atomic E-state index is 11.0. The largest absolute Gasteiger partial charge is 0.396 e. The quantitative estimate of drug-likeness (QED) is 0.785. The highest BCUT2D eigenvalue weighted by molar-refractivity contribution is 5.04. The monoisotopic (exact) mass is 239 g/mol. The van der Waals surface area contributed by atoms with Crippen LogP contribution in [0.5, 0.6) is 0 Å². The molecule has 0 amide bonds. The summed E-state index contributed by atoms with van der Waals surface area (Å²) in [5, 5.41) is 20.7. The van der Waals surface area contributed by atoms with Crippen LogP contribution in [-0.4, -0.2) is 46.5 Å². The molecule has 98 valence electrons. The molecule has 1 heterocycles. The average Bonchev–Trinajstić information content (AvgIpc) is 3.07. The Balaban J connectivity index is 1.68. The van der Waals surface area contributed by atoms with E-state index in [0.29, 0.717) is 0 Å². The fraction of sp³-hybridized carbons (Fsp3) is 1.00. The van der Waals surface area contributed by atoms with Gasteiger partial charge in [0.05, 0.1) is 12.2 Å². The summed E-state index contributed by atoms with van der Waals surface area (Å²) in [5.74, 6) is 0. The van der Waals surface area contributed by atoms with Crippen LogP contribution in [0.4, 0.5) is 0 Å². The van der Waals surface area contributed by atoms with Gasteiger partial charge >= 0.3 is 0 Å². The molecule has 0 bridgehead atoms. The van der Waals surface area contributed by atoms with E-state index < -0.39 is 5.60 Å². The van der Waals surface area contributed by atoms with Crippen LogP contribution in [0.3, 0.4) is 0 Å². The lowest BCUT2D eigenvalue weighted by Crippen LogP contribution is -2.56. The van der Waals surface area contributed by atoms with Gasteiger partial charge in [0.25, 0.3) is 0 Å². The number of aliphatic hydroxyl groups excluding tert-OH is 1. The summed E-state index contributed by atoms with van der Waals surface area (Å²) in [7, 11) is 0. The van der Waals surface area contributed by atoms with E-state index in [1.807, 2.05) is 0 Å². The maximum absolute atomic E-state index is 11.0. The Hall–Kier alpha value is -0.120. The maximum Gasteiger partial charge on any atom is 0.0750 e. The molecule has 2 N–H and O–H groups in total. The van der Waals surface area contributed by atoms with Crippen molar-refractivity contribution in [1.29, 1.82) is 0 Å². The lowest BCUT2D eigenvalue weighted by Gasteiger charge is -2.49. The van der Waals surface area contributed by atoms with Crippen LogP contribution in [0.15, 0.2) is 0 Å². The molecule has 3 aliphatic rings. The van der Waals surface area contributed by atoms with Crippen LogP contribution in [0.1, 0.15) is 51.4 Å². The molecule has 0 aromatic heterocycles. The number of aliphatic hydroxyl groups is 2. The summed E-state index contributed by atoms with van der Waals surface area (Å²) in [6, 6.07) is 0.813. The van der Waals surface area contributed by atoms with E-state index in [1.165, 1.54) is 25.7 Å². The minimum atomic E-state index is -0.594. The minimum absolute atomic E-state index is 0.174. The molecule has 17 heavy (non-hydrogen) atoms. The number of likely N-dealkylation sites (tertiary alicyclic amines) is 1. The Morgan fingerprint density at radius 2 is 1.59 bits per heavy atom. The third kappa shape index (κ3) is 1.92. The summed E-state index contributed by atoms with van der Waals surface area (Å²) < 4.78 is 0. The van der Waals surface area contributed by atoms with Gasteiger partial charge in [-0.1, -0.05) is 12.8 Å². The van der Waals surface area contributed by atoms with E-state index >= 15 is 0 Å². The molecule has 0 atom stereocenters. The second-order valence-corrected chi connectivity index (χ2v) is 6.44. The Morgan fingerprint density at radius 1 is 1.00 bits per heavy atom. The van der Waals surface area contributed by atoms with Gasteiger partial charge in [-0.15, -0.1) is 0 Å². The van der Waals surface area contributed by atoms with Gasteiger partial charge in [-0.2, -0.15) is 0 Å². The van der Waals surface area contributed by atoms with Crippen molar-refractivity contribution in [2.75, 3.05) is 19.7 Å². The standard InChI is InChI=1S/C14H25NO2/c16-11-13(5-1-2-6-13)14(17)7-9-15(10-8-14)12-3-4-12/h12,16-17H,1-11H2. The smallest absolute Gasteiger partial charge is 0.0750 e. The summed E-state index contributed by atoms with van der Waals surface area (Å²) in [6.07, 6.45) is 8.82. The number of nitrogens with zero attached hydrogens (tertiary/aromatic N) is 1. The summed E-state index contributed by atoms with van der Waals surface area (Å²) in [4.78, 5) is 2.54.